The van der Waals surface area contributed by atoms with Crippen LogP contribution in [0.3, 0.4) is 0 Å². The van der Waals surface area contributed by atoms with Crippen LogP contribution in [0.4, 0.5) is 17.1 Å². The summed E-state index contributed by atoms with van der Waals surface area (Å²) in [5, 5.41) is 5.10. The summed E-state index contributed by atoms with van der Waals surface area (Å²) in [6.07, 6.45) is 6.31. The van der Waals surface area contributed by atoms with Gasteiger partial charge in [0.2, 0.25) is 0 Å². The minimum absolute atomic E-state index is 0.181. The van der Waals surface area contributed by atoms with Gasteiger partial charge >= 0.3 is 0 Å². The fraction of sp³-hybridized carbons (Fsp3) is 0.193. The van der Waals surface area contributed by atoms with Crippen molar-refractivity contribution in [2.45, 2.75) is 58.3 Å². The van der Waals surface area contributed by atoms with E-state index in [1.54, 1.807) is 0 Å². The third-order valence-electron chi connectivity index (χ3n) is 13.4. The lowest BCUT2D eigenvalue weighted by molar-refractivity contribution is 0.295. The number of fused-ring (bicyclic) bond motifs is 4. The van der Waals surface area contributed by atoms with Crippen molar-refractivity contribution in [1.29, 1.82) is 0 Å². The van der Waals surface area contributed by atoms with Crippen LogP contribution in [-0.2, 0) is 5.41 Å². The summed E-state index contributed by atoms with van der Waals surface area (Å²) in [5.74, 6) is 1.45. The molecule has 0 saturated heterocycles. The number of hydrogen-bond donors (Lipinski definition) is 0. The Morgan fingerprint density at radius 1 is 0.492 bits per heavy atom. The smallest absolute Gasteiger partial charge is 0.0541 e. The van der Waals surface area contributed by atoms with Gasteiger partial charge in [-0.15, -0.1) is 0 Å². The van der Waals surface area contributed by atoms with Gasteiger partial charge < -0.3 is 9.47 Å². The number of nitrogens with zero attached hydrogens (tertiary/aromatic N) is 2. The van der Waals surface area contributed by atoms with Crippen LogP contribution in [0.5, 0.6) is 0 Å². The Hall–Kier alpha value is -6.38. The number of para-hydroxylation sites is 2. The van der Waals surface area contributed by atoms with E-state index in [4.69, 9.17) is 0 Å². The Morgan fingerprint density at radius 2 is 1.05 bits per heavy atom. The quantitative estimate of drug-likeness (QED) is 0.140. The molecule has 1 aromatic heterocycles. The van der Waals surface area contributed by atoms with Crippen LogP contribution in [0, 0.1) is 11.8 Å². The highest BCUT2D eigenvalue weighted by molar-refractivity contribution is 6.09. The first kappa shape index (κ1) is 36.9. The van der Waals surface area contributed by atoms with E-state index in [0.717, 1.165) is 29.6 Å². The summed E-state index contributed by atoms with van der Waals surface area (Å²) < 4.78 is 2.40. The van der Waals surface area contributed by atoms with Crippen molar-refractivity contribution >= 4 is 49.6 Å². The molecule has 2 nitrogen and oxygen atoms in total. The van der Waals surface area contributed by atoms with Gasteiger partial charge in [-0.25, -0.2) is 0 Å². The van der Waals surface area contributed by atoms with E-state index >= 15 is 0 Å². The van der Waals surface area contributed by atoms with Crippen molar-refractivity contribution in [3.05, 3.63) is 194 Å². The van der Waals surface area contributed by atoms with Crippen molar-refractivity contribution in [2.24, 2.45) is 11.8 Å². The number of aromatic nitrogens is 1. The first-order chi connectivity index (χ1) is 29.0. The van der Waals surface area contributed by atoms with Crippen LogP contribution in [0.1, 0.15) is 58.4 Å². The Balaban J connectivity index is 1.05. The van der Waals surface area contributed by atoms with E-state index in [-0.39, 0.29) is 5.41 Å². The molecule has 1 fully saturated rings. The predicted molar refractivity (Wildman–Crippen MR) is 253 cm³/mol. The molecular formula is C57H52N2. The molecule has 1 aliphatic carbocycles. The van der Waals surface area contributed by atoms with Gasteiger partial charge in [-0.1, -0.05) is 161 Å². The van der Waals surface area contributed by atoms with Crippen LogP contribution in [0.15, 0.2) is 188 Å². The maximum Gasteiger partial charge on any atom is 0.0541 e. The normalized spacial score (nSPS) is 16.7. The first-order valence-electron chi connectivity index (χ1n) is 21.7. The molecule has 0 amide bonds. The van der Waals surface area contributed by atoms with Crippen LogP contribution < -0.4 is 4.90 Å². The zero-order chi connectivity index (χ0) is 39.9. The van der Waals surface area contributed by atoms with Crippen molar-refractivity contribution in [3.8, 4) is 27.9 Å². The lowest BCUT2D eigenvalue weighted by Gasteiger charge is -2.36. The van der Waals surface area contributed by atoms with Gasteiger partial charge in [-0.2, -0.15) is 0 Å². The molecule has 0 unspecified atom stereocenters. The van der Waals surface area contributed by atoms with Crippen molar-refractivity contribution in [3.63, 3.8) is 0 Å². The molecule has 2 atom stereocenters. The molecule has 9 aromatic rings. The second kappa shape index (κ2) is 15.4. The molecular weight excluding hydrogens is 713 g/mol. The van der Waals surface area contributed by atoms with Gasteiger partial charge in [-0.05, 0) is 136 Å². The number of benzene rings is 8. The second-order valence-electron chi connectivity index (χ2n) is 17.3. The molecule has 1 saturated carbocycles. The van der Waals surface area contributed by atoms with E-state index in [1.165, 1.54) is 97.5 Å². The van der Waals surface area contributed by atoms with Gasteiger partial charge in [0.15, 0.2) is 0 Å². The van der Waals surface area contributed by atoms with E-state index in [2.05, 4.69) is 218 Å². The number of hydrogen-bond acceptors (Lipinski definition) is 1. The summed E-state index contributed by atoms with van der Waals surface area (Å²) >= 11 is 0. The molecule has 0 N–H and O–H groups in total. The second-order valence-corrected chi connectivity index (χ2v) is 17.3. The zero-order valence-corrected chi connectivity index (χ0v) is 34.5. The molecule has 10 rings (SSSR count). The molecule has 0 radical (unpaired) electrons. The minimum atomic E-state index is 0.181. The molecule has 0 aliphatic heterocycles. The van der Waals surface area contributed by atoms with Crippen molar-refractivity contribution < 1.29 is 0 Å². The lowest BCUT2D eigenvalue weighted by atomic mass is 9.69. The Bertz CT molecular complexity index is 2840. The fourth-order valence-electron chi connectivity index (χ4n) is 10.4. The maximum absolute atomic E-state index is 2.51. The summed E-state index contributed by atoms with van der Waals surface area (Å²) in [5.41, 5.74) is 13.7. The van der Waals surface area contributed by atoms with Crippen LogP contribution >= 0.6 is 0 Å². The molecule has 290 valence electrons. The highest BCUT2D eigenvalue weighted by Gasteiger charge is 2.36. The molecule has 2 heteroatoms. The Morgan fingerprint density at radius 3 is 1.71 bits per heavy atom. The lowest BCUT2D eigenvalue weighted by Crippen LogP contribution is -2.28. The van der Waals surface area contributed by atoms with Gasteiger partial charge in [0.1, 0.15) is 0 Å². The molecule has 0 bridgehead atoms. The summed E-state index contributed by atoms with van der Waals surface area (Å²) in [6.45, 7) is 7.35. The monoisotopic (exact) mass is 764 g/mol. The highest BCUT2D eigenvalue weighted by atomic mass is 15.1. The largest absolute Gasteiger partial charge is 0.310 e. The van der Waals surface area contributed by atoms with E-state index in [1.807, 2.05) is 0 Å². The average molecular weight is 765 g/mol. The molecule has 1 heterocycles. The summed E-state index contributed by atoms with van der Waals surface area (Å²) in [7, 11) is 0. The predicted octanol–water partition coefficient (Wildman–Crippen LogP) is 16.2. The summed E-state index contributed by atoms with van der Waals surface area (Å²) in [4.78, 5) is 2.46. The van der Waals surface area contributed by atoms with Crippen LogP contribution in [0.25, 0.3) is 60.5 Å². The number of rotatable bonds is 8. The van der Waals surface area contributed by atoms with Gasteiger partial charge in [0.05, 0.1) is 11.0 Å². The van der Waals surface area contributed by atoms with Gasteiger partial charge in [0.25, 0.3) is 0 Å². The zero-order valence-electron chi connectivity index (χ0n) is 34.5. The highest BCUT2D eigenvalue weighted by Crippen LogP contribution is 2.47. The Kier molecular flexibility index (Phi) is 9.65. The third kappa shape index (κ3) is 6.81. The van der Waals surface area contributed by atoms with Crippen molar-refractivity contribution in [1.82, 2.24) is 4.57 Å². The summed E-state index contributed by atoms with van der Waals surface area (Å²) in [6, 6.07) is 69.7. The Labute approximate surface area is 349 Å². The molecule has 1 aliphatic rings. The van der Waals surface area contributed by atoms with Gasteiger partial charge in [-0.3, -0.25) is 0 Å². The number of anilines is 3. The molecule has 59 heavy (non-hydrogen) atoms. The fourth-order valence-corrected chi connectivity index (χ4v) is 10.4. The first-order valence-corrected chi connectivity index (χ1v) is 21.7. The third-order valence-corrected chi connectivity index (χ3v) is 13.4. The minimum Gasteiger partial charge on any atom is -0.310 e. The van der Waals surface area contributed by atoms with Crippen LogP contribution in [0.2, 0.25) is 0 Å². The van der Waals surface area contributed by atoms with E-state index < -0.39 is 0 Å². The SMILES string of the molecule is CCC1(c2cccc(N(c3ccc(-c4cccc(-n5c6ccccc6c6ccccc65)c4)cc3)c3ccc(-c4cccc5ccccc45)cc3)c2)C[C@@H](C)CC[C@H](C)C1. The standard InChI is InChI=1S/C57H52N2/c1-4-57(38-40(2)26-27-41(3)39-57)46-17-13-19-50(37-46)58(48-34-30-44(31-35-48)52-23-12-15-43-14-5-6-20-51(43)52)47-32-28-42(29-33-47)45-16-11-18-49(36-45)59-55-24-9-7-21-53(55)54-22-8-10-25-56(54)59/h5-25,28-37,40-41H,4,26-27,38-39H2,1-3H3/t40-,41-/m0/s1. The van der Waals surface area contributed by atoms with E-state index in [9.17, 15) is 0 Å². The maximum atomic E-state index is 2.51. The van der Waals surface area contributed by atoms with Crippen molar-refractivity contribution in [2.75, 3.05) is 4.90 Å². The molecule has 0 spiro atoms. The molecule has 8 aromatic carbocycles. The van der Waals surface area contributed by atoms with Crippen LogP contribution in [-0.4, -0.2) is 4.57 Å². The topological polar surface area (TPSA) is 8.17 Å². The average Bonchev–Trinajstić information content (AvgIpc) is 3.54. The van der Waals surface area contributed by atoms with E-state index in [0.29, 0.717) is 0 Å². The van der Waals surface area contributed by atoms with Gasteiger partial charge in [0, 0.05) is 33.5 Å².